The largest absolute Gasteiger partial charge is 0.390 e. The third-order valence-corrected chi connectivity index (χ3v) is 3.99. The highest BCUT2D eigenvalue weighted by molar-refractivity contribution is 5.03. The summed E-state index contributed by atoms with van der Waals surface area (Å²) in [6, 6.07) is 5.96. The molecule has 2 rings (SSSR count). The van der Waals surface area contributed by atoms with Crippen molar-refractivity contribution in [3.8, 4) is 0 Å². The third-order valence-electron chi connectivity index (χ3n) is 3.99. The average Bonchev–Trinajstić information content (AvgIpc) is 2.46. The van der Waals surface area contributed by atoms with Gasteiger partial charge in [0.1, 0.15) is 0 Å². The second kappa shape index (κ2) is 8.58. The number of aliphatic hydroxyl groups is 1. The number of morpholine rings is 1. The van der Waals surface area contributed by atoms with Crippen molar-refractivity contribution in [1.82, 2.24) is 14.8 Å². The van der Waals surface area contributed by atoms with Crippen LogP contribution in [0.4, 0.5) is 0 Å². The van der Waals surface area contributed by atoms with Gasteiger partial charge in [-0.15, -0.1) is 0 Å². The molecular formula is C17H29N3O2. The van der Waals surface area contributed by atoms with Crippen LogP contribution in [0.25, 0.3) is 0 Å². The van der Waals surface area contributed by atoms with Gasteiger partial charge < -0.3 is 9.84 Å². The van der Waals surface area contributed by atoms with Crippen molar-refractivity contribution in [3.63, 3.8) is 0 Å². The van der Waals surface area contributed by atoms with Crippen LogP contribution in [0.2, 0.25) is 0 Å². The Balaban J connectivity index is 1.80. The predicted octanol–water partition coefficient (Wildman–Crippen LogP) is 1.37. The fourth-order valence-electron chi connectivity index (χ4n) is 3.11. The Bertz CT molecular complexity index is 419. The van der Waals surface area contributed by atoms with E-state index < -0.39 is 0 Å². The van der Waals surface area contributed by atoms with E-state index in [2.05, 4.69) is 35.6 Å². The SMILES string of the molecule is CCN(Cc1ccccn1)CC(O)CN1CC(C)OC(C)C1. The first-order valence-corrected chi connectivity index (χ1v) is 8.25. The van der Waals surface area contributed by atoms with Crippen LogP contribution < -0.4 is 0 Å². The number of hydrogen-bond donors (Lipinski definition) is 1. The van der Waals surface area contributed by atoms with Crippen LogP contribution in [0.15, 0.2) is 24.4 Å². The van der Waals surface area contributed by atoms with Gasteiger partial charge in [-0.25, -0.2) is 0 Å². The lowest BCUT2D eigenvalue weighted by molar-refractivity contribution is -0.0780. The van der Waals surface area contributed by atoms with Gasteiger partial charge in [0, 0.05) is 38.9 Å². The average molecular weight is 307 g/mol. The van der Waals surface area contributed by atoms with Gasteiger partial charge in [0.15, 0.2) is 0 Å². The summed E-state index contributed by atoms with van der Waals surface area (Å²) in [5.41, 5.74) is 1.05. The smallest absolute Gasteiger partial charge is 0.0793 e. The molecule has 3 unspecified atom stereocenters. The molecule has 1 fully saturated rings. The van der Waals surface area contributed by atoms with E-state index in [0.717, 1.165) is 31.9 Å². The summed E-state index contributed by atoms with van der Waals surface area (Å²) < 4.78 is 5.74. The normalized spacial score (nSPS) is 24.6. The van der Waals surface area contributed by atoms with E-state index in [1.165, 1.54) is 0 Å². The predicted molar refractivity (Wildman–Crippen MR) is 87.6 cm³/mol. The van der Waals surface area contributed by atoms with Gasteiger partial charge in [-0.2, -0.15) is 0 Å². The molecule has 1 saturated heterocycles. The maximum Gasteiger partial charge on any atom is 0.0793 e. The van der Waals surface area contributed by atoms with Crippen LogP contribution in [0.3, 0.4) is 0 Å². The van der Waals surface area contributed by atoms with E-state index in [0.29, 0.717) is 13.1 Å². The van der Waals surface area contributed by atoms with Gasteiger partial charge in [-0.3, -0.25) is 14.8 Å². The van der Waals surface area contributed by atoms with Crippen LogP contribution in [0.1, 0.15) is 26.5 Å². The molecule has 1 N–H and O–H groups in total. The van der Waals surface area contributed by atoms with Crippen LogP contribution >= 0.6 is 0 Å². The molecule has 2 heterocycles. The molecule has 124 valence electrons. The standard InChI is InChI=1S/C17H29N3O2/c1-4-19(11-16-7-5-6-8-18-16)12-17(21)13-20-9-14(2)22-15(3)10-20/h5-8,14-15,17,21H,4,9-13H2,1-3H3. The molecule has 3 atom stereocenters. The topological polar surface area (TPSA) is 48.8 Å². The zero-order valence-corrected chi connectivity index (χ0v) is 14.0. The molecule has 0 aliphatic carbocycles. The van der Waals surface area contributed by atoms with E-state index in [9.17, 15) is 5.11 Å². The third kappa shape index (κ3) is 5.65. The second-order valence-corrected chi connectivity index (χ2v) is 6.28. The number of aliphatic hydroxyl groups excluding tert-OH is 1. The maximum atomic E-state index is 10.4. The fourth-order valence-corrected chi connectivity index (χ4v) is 3.11. The summed E-state index contributed by atoms with van der Waals surface area (Å²) in [6.07, 6.45) is 1.95. The highest BCUT2D eigenvalue weighted by Crippen LogP contribution is 2.11. The fraction of sp³-hybridized carbons (Fsp3) is 0.706. The molecule has 1 aliphatic rings. The summed E-state index contributed by atoms with van der Waals surface area (Å²) in [5.74, 6) is 0. The second-order valence-electron chi connectivity index (χ2n) is 6.28. The van der Waals surface area contributed by atoms with Crippen molar-refractivity contribution in [3.05, 3.63) is 30.1 Å². The molecule has 5 heteroatoms. The minimum atomic E-state index is -0.346. The molecule has 0 spiro atoms. The van der Waals surface area contributed by atoms with E-state index in [1.54, 1.807) is 0 Å². The number of hydrogen-bond acceptors (Lipinski definition) is 5. The van der Waals surface area contributed by atoms with Crippen LogP contribution in [-0.2, 0) is 11.3 Å². The monoisotopic (exact) mass is 307 g/mol. The molecular weight excluding hydrogens is 278 g/mol. The number of β-amino-alcohol motifs (C(OH)–C–C–N with tert-alkyl or cyclic N) is 1. The van der Waals surface area contributed by atoms with Crippen LogP contribution in [-0.4, -0.2) is 70.9 Å². The first kappa shape index (κ1) is 17.3. The zero-order chi connectivity index (χ0) is 15.9. The molecule has 0 aromatic carbocycles. The molecule has 5 nitrogen and oxygen atoms in total. The molecule has 0 radical (unpaired) electrons. The Morgan fingerprint density at radius 2 is 2.09 bits per heavy atom. The number of rotatable bonds is 7. The lowest BCUT2D eigenvalue weighted by atomic mass is 10.2. The number of aromatic nitrogens is 1. The van der Waals surface area contributed by atoms with E-state index >= 15 is 0 Å². The van der Waals surface area contributed by atoms with Gasteiger partial charge in [0.2, 0.25) is 0 Å². The molecule has 1 aromatic rings. The van der Waals surface area contributed by atoms with Gasteiger partial charge in [-0.05, 0) is 32.5 Å². The first-order valence-electron chi connectivity index (χ1n) is 8.25. The molecule has 0 bridgehead atoms. The van der Waals surface area contributed by atoms with Crippen molar-refractivity contribution in [2.24, 2.45) is 0 Å². The summed E-state index contributed by atoms with van der Waals surface area (Å²) in [7, 11) is 0. The Labute approximate surface area is 133 Å². The minimum Gasteiger partial charge on any atom is -0.390 e. The van der Waals surface area contributed by atoms with Gasteiger partial charge in [0.05, 0.1) is 24.0 Å². The summed E-state index contributed by atoms with van der Waals surface area (Å²) in [5, 5.41) is 10.4. The van der Waals surface area contributed by atoms with Gasteiger partial charge in [-0.1, -0.05) is 13.0 Å². The lowest BCUT2D eigenvalue weighted by Crippen LogP contribution is -2.49. The van der Waals surface area contributed by atoms with E-state index in [-0.39, 0.29) is 18.3 Å². The molecule has 1 aliphatic heterocycles. The van der Waals surface area contributed by atoms with E-state index in [1.807, 2.05) is 24.4 Å². The molecule has 0 saturated carbocycles. The van der Waals surface area contributed by atoms with Gasteiger partial charge >= 0.3 is 0 Å². The quantitative estimate of drug-likeness (QED) is 0.824. The Kier molecular flexibility index (Phi) is 6.76. The van der Waals surface area contributed by atoms with Crippen molar-refractivity contribution in [1.29, 1.82) is 0 Å². The summed E-state index contributed by atoms with van der Waals surface area (Å²) in [6.45, 7) is 11.2. The first-order chi connectivity index (χ1) is 10.6. The molecule has 0 amide bonds. The van der Waals surface area contributed by atoms with Gasteiger partial charge in [0.25, 0.3) is 0 Å². The Morgan fingerprint density at radius 3 is 2.68 bits per heavy atom. The Morgan fingerprint density at radius 1 is 1.36 bits per heavy atom. The zero-order valence-electron chi connectivity index (χ0n) is 14.0. The summed E-state index contributed by atoms with van der Waals surface area (Å²) in [4.78, 5) is 8.90. The van der Waals surface area contributed by atoms with Crippen molar-refractivity contribution in [2.45, 2.75) is 45.6 Å². The lowest BCUT2D eigenvalue weighted by Gasteiger charge is -2.37. The van der Waals surface area contributed by atoms with Crippen LogP contribution in [0, 0.1) is 0 Å². The number of ether oxygens (including phenoxy) is 1. The number of nitrogens with zero attached hydrogens (tertiary/aromatic N) is 3. The highest BCUT2D eigenvalue weighted by Gasteiger charge is 2.24. The Hall–Kier alpha value is -1.01. The minimum absolute atomic E-state index is 0.242. The highest BCUT2D eigenvalue weighted by atomic mass is 16.5. The number of pyridine rings is 1. The van der Waals surface area contributed by atoms with Crippen molar-refractivity contribution < 1.29 is 9.84 Å². The molecule has 22 heavy (non-hydrogen) atoms. The van der Waals surface area contributed by atoms with Crippen LogP contribution in [0.5, 0.6) is 0 Å². The summed E-state index contributed by atoms with van der Waals surface area (Å²) >= 11 is 0. The van der Waals surface area contributed by atoms with E-state index in [4.69, 9.17) is 4.74 Å². The maximum absolute atomic E-state index is 10.4. The molecule has 1 aromatic heterocycles. The number of likely N-dealkylation sites (N-methyl/N-ethyl adjacent to an activating group) is 1. The van der Waals surface area contributed by atoms with Crippen molar-refractivity contribution >= 4 is 0 Å². The van der Waals surface area contributed by atoms with Crippen molar-refractivity contribution in [2.75, 3.05) is 32.7 Å².